The summed E-state index contributed by atoms with van der Waals surface area (Å²) in [7, 11) is -8.09. The quantitative estimate of drug-likeness (QED) is 0.372. The highest BCUT2D eigenvalue weighted by atomic mass is 35.5. The lowest BCUT2D eigenvalue weighted by atomic mass is 10.1. The first-order chi connectivity index (χ1) is 14.0. The molecule has 0 saturated carbocycles. The number of sulfone groups is 1. The van der Waals surface area contributed by atoms with E-state index in [1.807, 2.05) is 0 Å². The molecular formula is C19H16ClNO7S2. The molecular weight excluding hydrogens is 454 g/mol. The second-order valence-electron chi connectivity index (χ2n) is 6.34. The van der Waals surface area contributed by atoms with Gasteiger partial charge in [0.05, 0.1) is 15.5 Å². The third-order valence-corrected chi connectivity index (χ3v) is 7.22. The van der Waals surface area contributed by atoms with Crippen molar-refractivity contribution in [2.45, 2.75) is 9.79 Å². The maximum atomic E-state index is 12.6. The average molecular weight is 470 g/mol. The minimum atomic E-state index is -4.49. The highest BCUT2D eigenvalue weighted by Gasteiger charge is 2.17. The standard InChI is InChI=1S/C19H16ClNO7S2/c20-6-7-29(24,25)15-3-1-2-13(9-15)19(23)21-14-5-4-12-8-16(30(26,27)28)11-18(22)17(12)10-14/h1-5,8-11,22H,6-7H2,(H,21,23)(H,26,27,28). The molecule has 0 heterocycles. The first-order valence-corrected chi connectivity index (χ1v) is 12.1. The molecule has 0 aliphatic heterocycles. The van der Waals surface area contributed by atoms with Gasteiger partial charge in [0.1, 0.15) is 5.75 Å². The van der Waals surface area contributed by atoms with E-state index in [1.165, 1.54) is 48.5 Å². The SMILES string of the molecule is O=C(Nc1ccc2cc(S(=O)(=O)O)cc(O)c2c1)c1cccc(S(=O)(=O)CCCl)c1. The van der Waals surface area contributed by atoms with Gasteiger partial charge in [0, 0.05) is 28.6 Å². The molecule has 0 unspecified atom stereocenters. The maximum Gasteiger partial charge on any atom is 0.294 e. The van der Waals surface area contributed by atoms with Crippen LogP contribution in [0.5, 0.6) is 5.75 Å². The Balaban J connectivity index is 1.91. The summed E-state index contributed by atoms with van der Waals surface area (Å²) in [6, 6.07) is 11.9. The zero-order chi connectivity index (χ0) is 22.1. The van der Waals surface area contributed by atoms with Gasteiger partial charge in [-0.25, -0.2) is 8.42 Å². The Hall–Kier alpha value is -2.66. The van der Waals surface area contributed by atoms with Crippen LogP contribution < -0.4 is 5.32 Å². The van der Waals surface area contributed by atoms with Gasteiger partial charge in [-0.05, 0) is 41.8 Å². The van der Waals surface area contributed by atoms with Crippen molar-refractivity contribution < 1.29 is 31.3 Å². The molecule has 8 nitrogen and oxygen atoms in total. The number of benzene rings is 3. The van der Waals surface area contributed by atoms with Crippen molar-refractivity contribution in [1.29, 1.82) is 0 Å². The van der Waals surface area contributed by atoms with Gasteiger partial charge in [0.15, 0.2) is 9.84 Å². The fraction of sp³-hybridized carbons (Fsp3) is 0.105. The van der Waals surface area contributed by atoms with Crippen molar-refractivity contribution in [3.8, 4) is 5.75 Å². The number of aromatic hydroxyl groups is 1. The molecule has 0 aliphatic rings. The van der Waals surface area contributed by atoms with Crippen LogP contribution in [0.2, 0.25) is 0 Å². The second-order valence-corrected chi connectivity index (χ2v) is 10.3. The topological polar surface area (TPSA) is 138 Å². The molecule has 3 aromatic carbocycles. The summed E-state index contributed by atoms with van der Waals surface area (Å²) in [6.07, 6.45) is 0. The number of hydrogen-bond donors (Lipinski definition) is 3. The van der Waals surface area contributed by atoms with Crippen LogP contribution in [0.3, 0.4) is 0 Å². The summed E-state index contributed by atoms with van der Waals surface area (Å²) in [5.41, 5.74) is 0.396. The Morgan fingerprint density at radius 3 is 2.37 bits per heavy atom. The highest BCUT2D eigenvalue weighted by Crippen LogP contribution is 2.31. The van der Waals surface area contributed by atoms with Crippen molar-refractivity contribution in [2.24, 2.45) is 0 Å². The molecule has 0 bridgehead atoms. The molecule has 3 N–H and O–H groups in total. The Kier molecular flexibility index (Phi) is 6.04. The number of phenols is 1. The van der Waals surface area contributed by atoms with Crippen molar-refractivity contribution in [2.75, 3.05) is 16.9 Å². The summed E-state index contributed by atoms with van der Waals surface area (Å²) >= 11 is 5.51. The Morgan fingerprint density at radius 1 is 0.967 bits per heavy atom. The maximum absolute atomic E-state index is 12.6. The molecule has 0 aliphatic carbocycles. The molecule has 11 heteroatoms. The van der Waals surface area contributed by atoms with E-state index in [0.717, 1.165) is 6.07 Å². The van der Waals surface area contributed by atoms with Gasteiger partial charge >= 0.3 is 0 Å². The van der Waals surface area contributed by atoms with E-state index in [2.05, 4.69) is 5.32 Å². The van der Waals surface area contributed by atoms with E-state index in [0.29, 0.717) is 5.39 Å². The highest BCUT2D eigenvalue weighted by molar-refractivity contribution is 7.91. The van der Waals surface area contributed by atoms with Crippen LogP contribution in [0, 0.1) is 0 Å². The molecule has 0 aromatic heterocycles. The smallest absolute Gasteiger partial charge is 0.294 e. The molecule has 0 saturated heterocycles. The zero-order valence-electron chi connectivity index (χ0n) is 15.2. The summed E-state index contributed by atoms with van der Waals surface area (Å²) in [5.74, 6) is -1.30. The van der Waals surface area contributed by atoms with Crippen molar-refractivity contribution in [3.63, 3.8) is 0 Å². The fourth-order valence-electron chi connectivity index (χ4n) is 2.79. The molecule has 3 rings (SSSR count). The minimum Gasteiger partial charge on any atom is -0.507 e. The molecule has 30 heavy (non-hydrogen) atoms. The van der Waals surface area contributed by atoms with Crippen LogP contribution in [0.25, 0.3) is 10.8 Å². The lowest BCUT2D eigenvalue weighted by Crippen LogP contribution is -2.14. The largest absolute Gasteiger partial charge is 0.507 e. The zero-order valence-corrected chi connectivity index (χ0v) is 17.6. The normalized spacial score (nSPS) is 12.1. The predicted octanol–water partition coefficient (Wildman–Crippen LogP) is 3.06. The monoisotopic (exact) mass is 469 g/mol. The van der Waals surface area contributed by atoms with Crippen LogP contribution in [0.1, 0.15) is 10.4 Å². The van der Waals surface area contributed by atoms with Crippen LogP contribution in [0.4, 0.5) is 5.69 Å². The number of fused-ring (bicyclic) bond motifs is 1. The number of carbonyl (C=O) groups excluding carboxylic acids is 1. The van der Waals surface area contributed by atoms with Crippen LogP contribution in [0.15, 0.2) is 64.4 Å². The second kappa shape index (κ2) is 8.23. The Bertz CT molecular complexity index is 1350. The first-order valence-electron chi connectivity index (χ1n) is 8.46. The molecule has 0 atom stereocenters. The van der Waals surface area contributed by atoms with E-state index in [1.54, 1.807) is 0 Å². The molecule has 0 radical (unpaired) electrons. The first kappa shape index (κ1) is 22.0. The Labute approximate surface area is 177 Å². The van der Waals surface area contributed by atoms with Crippen LogP contribution >= 0.6 is 11.6 Å². The van der Waals surface area contributed by atoms with E-state index in [4.69, 9.17) is 16.2 Å². The predicted molar refractivity (Wildman–Crippen MR) is 113 cm³/mol. The van der Waals surface area contributed by atoms with Crippen molar-refractivity contribution in [3.05, 3.63) is 60.2 Å². The van der Waals surface area contributed by atoms with E-state index in [9.17, 15) is 26.7 Å². The van der Waals surface area contributed by atoms with Gasteiger partial charge in [-0.1, -0.05) is 12.1 Å². The summed E-state index contributed by atoms with van der Waals surface area (Å²) < 4.78 is 56.0. The van der Waals surface area contributed by atoms with Gasteiger partial charge in [-0.3, -0.25) is 9.35 Å². The lowest BCUT2D eigenvalue weighted by molar-refractivity contribution is 0.102. The van der Waals surface area contributed by atoms with Crippen LogP contribution in [-0.4, -0.2) is 44.0 Å². The van der Waals surface area contributed by atoms with Gasteiger partial charge in [-0.2, -0.15) is 8.42 Å². The number of phenolic OH excluding ortho intramolecular Hbond substituents is 1. The lowest BCUT2D eigenvalue weighted by Gasteiger charge is -2.10. The fourth-order valence-corrected chi connectivity index (χ4v) is 4.97. The number of carbonyl (C=O) groups is 1. The minimum absolute atomic E-state index is 0.0234. The van der Waals surface area contributed by atoms with Gasteiger partial charge in [0.2, 0.25) is 0 Å². The van der Waals surface area contributed by atoms with E-state index in [-0.39, 0.29) is 33.2 Å². The molecule has 1 amide bonds. The van der Waals surface area contributed by atoms with E-state index >= 15 is 0 Å². The molecule has 158 valence electrons. The average Bonchev–Trinajstić information content (AvgIpc) is 2.67. The Morgan fingerprint density at radius 2 is 1.70 bits per heavy atom. The summed E-state index contributed by atoms with van der Waals surface area (Å²) in [4.78, 5) is 12.1. The number of anilines is 1. The molecule has 0 fully saturated rings. The number of rotatable bonds is 6. The van der Waals surface area contributed by atoms with Gasteiger partial charge in [0.25, 0.3) is 16.0 Å². The van der Waals surface area contributed by atoms with Gasteiger partial charge < -0.3 is 10.4 Å². The third-order valence-electron chi connectivity index (χ3n) is 4.26. The number of hydrogen-bond acceptors (Lipinski definition) is 6. The van der Waals surface area contributed by atoms with Gasteiger partial charge in [-0.15, -0.1) is 11.6 Å². The summed E-state index contributed by atoms with van der Waals surface area (Å²) in [6.45, 7) is 0. The van der Waals surface area contributed by atoms with Crippen molar-refractivity contribution in [1.82, 2.24) is 0 Å². The molecule has 3 aromatic rings. The van der Waals surface area contributed by atoms with E-state index < -0.39 is 36.5 Å². The summed E-state index contributed by atoms with van der Waals surface area (Å²) in [5, 5.41) is 13.3. The van der Waals surface area contributed by atoms with Crippen LogP contribution in [-0.2, 0) is 20.0 Å². The third kappa shape index (κ3) is 4.73. The number of amides is 1. The number of alkyl halides is 1. The number of halogens is 1. The number of nitrogens with one attached hydrogen (secondary N) is 1. The molecule has 0 spiro atoms. The van der Waals surface area contributed by atoms with Crippen molar-refractivity contribution >= 4 is 53.9 Å².